The predicted molar refractivity (Wildman–Crippen MR) is 83.8 cm³/mol. The fourth-order valence-corrected chi connectivity index (χ4v) is 2.25. The van der Waals surface area contributed by atoms with Gasteiger partial charge in [-0.15, -0.1) is 0 Å². The summed E-state index contributed by atoms with van der Waals surface area (Å²) >= 11 is 0. The Bertz CT molecular complexity index is 596. The molecule has 1 N–H and O–H groups in total. The van der Waals surface area contributed by atoms with Crippen molar-refractivity contribution < 1.29 is 19.4 Å². The number of carboxylic acids is 1. The van der Waals surface area contributed by atoms with Crippen molar-refractivity contribution in [1.82, 2.24) is 4.90 Å². The van der Waals surface area contributed by atoms with E-state index in [9.17, 15) is 9.59 Å². The van der Waals surface area contributed by atoms with Crippen LogP contribution < -0.4 is 0 Å². The number of benzene rings is 1. The Balaban J connectivity index is 2.02. The molecular formula is C17H21NO4. The van der Waals surface area contributed by atoms with Crippen LogP contribution in [0, 0.1) is 0 Å². The first-order valence-electron chi connectivity index (χ1n) is 7.27. The van der Waals surface area contributed by atoms with E-state index in [-0.39, 0.29) is 11.7 Å². The SMILES string of the molecule is CC(C)(C)OC(=O)N1CC=C(c2ccc(C(=O)O)cc2)CC1. The molecule has 5 heteroatoms. The zero-order chi connectivity index (χ0) is 16.3. The number of hydrogen-bond donors (Lipinski definition) is 1. The molecule has 1 aliphatic rings. The van der Waals surface area contributed by atoms with Gasteiger partial charge < -0.3 is 14.7 Å². The van der Waals surface area contributed by atoms with E-state index in [4.69, 9.17) is 9.84 Å². The lowest BCUT2D eigenvalue weighted by Crippen LogP contribution is -2.39. The maximum Gasteiger partial charge on any atom is 0.410 e. The summed E-state index contributed by atoms with van der Waals surface area (Å²) in [7, 11) is 0. The van der Waals surface area contributed by atoms with Crippen molar-refractivity contribution in [2.75, 3.05) is 13.1 Å². The van der Waals surface area contributed by atoms with E-state index < -0.39 is 11.6 Å². The third-order valence-corrected chi connectivity index (χ3v) is 3.36. The van der Waals surface area contributed by atoms with Gasteiger partial charge in [0.1, 0.15) is 5.60 Å². The molecule has 2 rings (SSSR count). The fraction of sp³-hybridized carbons (Fsp3) is 0.412. The highest BCUT2D eigenvalue weighted by molar-refractivity contribution is 5.88. The number of carboxylic acid groups (broad SMARTS) is 1. The Morgan fingerprint density at radius 1 is 1.18 bits per heavy atom. The number of nitrogens with zero attached hydrogens (tertiary/aromatic N) is 1. The zero-order valence-corrected chi connectivity index (χ0v) is 13.1. The first-order valence-corrected chi connectivity index (χ1v) is 7.27. The number of rotatable bonds is 2. The Labute approximate surface area is 130 Å². The Hall–Kier alpha value is -2.30. The molecule has 0 saturated heterocycles. The number of carbonyl (C=O) groups excluding carboxylic acids is 1. The van der Waals surface area contributed by atoms with Crippen molar-refractivity contribution in [3.63, 3.8) is 0 Å². The van der Waals surface area contributed by atoms with Crippen molar-refractivity contribution in [3.8, 4) is 0 Å². The second-order valence-corrected chi connectivity index (χ2v) is 6.29. The molecule has 0 saturated carbocycles. The van der Waals surface area contributed by atoms with Crippen LogP contribution in [0.2, 0.25) is 0 Å². The molecule has 1 heterocycles. The quantitative estimate of drug-likeness (QED) is 0.909. The molecule has 118 valence electrons. The van der Waals surface area contributed by atoms with Crippen LogP contribution in [0.25, 0.3) is 5.57 Å². The van der Waals surface area contributed by atoms with Crippen LogP contribution in [0.4, 0.5) is 4.79 Å². The third kappa shape index (κ3) is 4.10. The van der Waals surface area contributed by atoms with Gasteiger partial charge in [0.05, 0.1) is 5.56 Å². The van der Waals surface area contributed by atoms with E-state index >= 15 is 0 Å². The van der Waals surface area contributed by atoms with E-state index in [1.165, 1.54) is 0 Å². The number of hydrogen-bond acceptors (Lipinski definition) is 3. The molecule has 1 aliphatic heterocycles. The fourth-order valence-electron chi connectivity index (χ4n) is 2.25. The normalized spacial score (nSPS) is 15.2. The van der Waals surface area contributed by atoms with Crippen LogP contribution in [0.3, 0.4) is 0 Å². The minimum atomic E-state index is -0.930. The topological polar surface area (TPSA) is 66.8 Å². The maximum absolute atomic E-state index is 12.0. The predicted octanol–water partition coefficient (Wildman–Crippen LogP) is 3.41. The van der Waals surface area contributed by atoms with Gasteiger partial charge in [-0.1, -0.05) is 18.2 Å². The van der Waals surface area contributed by atoms with Crippen LogP contribution >= 0.6 is 0 Å². The van der Waals surface area contributed by atoms with Crippen LogP contribution in [0.15, 0.2) is 30.3 Å². The molecule has 1 amide bonds. The summed E-state index contributed by atoms with van der Waals surface area (Å²) < 4.78 is 5.35. The highest BCUT2D eigenvalue weighted by Crippen LogP contribution is 2.23. The van der Waals surface area contributed by atoms with E-state index in [1.54, 1.807) is 29.2 Å². The zero-order valence-electron chi connectivity index (χ0n) is 13.1. The molecule has 0 spiro atoms. The molecule has 1 aromatic carbocycles. The molecule has 0 aliphatic carbocycles. The maximum atomic E-state index is 12.0. The van der Waals surface area contributed by atoms with Gasteiger partial charge in [0, 0.05) is 13.1 Å². The van der Waals surface area contributed by atoms with E-state index in [0.717, 1.165) is 17.6 Å². The Morgan fingerprint density at radius 2 is 1.82 bits per heavy atom. The van der Waals surface area contributed by atoms with Gasteiger partial charge in [-0.05, 0) is 50.5 Å². The third-order valence-electron chi connectivity index (χ3n) is 3.36. The van der Waals surface area contributed by atoms with Crippen molar-refractivity contribution in [3.05, 3.63) is 41.5 Å². The summed E-state index contributed by atoms with van der Waals surface area (Å²) in [5.41, 5.74) is 1.90. The average Bonchev–Trinajstić information content (AvgIpc) is 2.46. The highest BCUT2D eigenvalue weighted by Gasteiger charge is 2.23. The summed E-state index contributed by atoms with van der Waals surface area (Å²) in [6, 6.07) is 6.80. The summed E-state index contributed by atoms with van der Waals surface area (Å²) in [4.78, 5) is 24.5. The largest absolute Gasteiger partial charge is 0.478 e. The Morgan fingerprint density at radius 3 is 2.27 bits per heavy atom. The monoisotopic (exact) mass is 303 g/mol. The van der Waals surface area contributed by atoms with E-state index in [0.29, 0.717) is 13.1 Å². The molecule has 0 bridgehead atoms. The van der Waals surface area contributed by atoms with Crippen LogP contribution in [0.1, 0.15) is 43.1 Å². The summed E-state index contributed by atoms with van der Waals surface area (Å²) in [5.74, 6) is -0.930. The Kier molecular flexibility index (Phi) is 4.54. The number of ether oxygens (including phenoxy) is 1. The van der Waals surface area contributed by atoms with Crippen LogP contribution in [-0.2, 0) is 4.74 Å². The average molecular weight is 303 g/mol. The molecule has 0 atom stereocenters. The van der Waals surface area contributed by atoms with Gasteiger partial charge in [-0.2, -0.15) is 0 Å². The summed E-state index contributed by atoms with van der Waals surface area (Å²) in [6.07, 6.45) is 2.42. The second-order valence-electron chi connectivity index (χ2n) is 6.29. The first kappa shape index (κ1) is 16.1. The van der Waals surface area contributed by atoms with E-state index in [1.807, 2.05) is 26.8 Å². The van der Waals surface area contributed by atoms with Gasteiger partial charge in [0.15, 0.2) is 0 Å². The number of carbonyl (C=O) groups is 2. The molecule has 0 fully saturated rings. The molecule has 1 aromatic rings. The van der Waals surface area contributed by atoms with Crippen molar-refractivity contribution in [2.24, 2.45) is 0 Å². The highest BCUT2D eigenvalue weighted by atomic mass is 16.6. The van der Waals surface area contributed by atoms with Crippen LogP contribution in [-0.4, -0.2) is 40.8 Å². The van der Waals surface area contributed by atoms with E-state index in [2.05, 4.69) is 0 Å². The van der Waals surface area contributed by atoms with Crippen molar-refractivity contribution in [1.29, 1.82) is 0 Å². The van der Waals surface area contributed by atoms with Gasteiger partial charge >= 0.3 is 12.1 Å². The van der Waals surface area contributed by atoms with Gasteiger partial charge in [0.2, 0.25) is 0 Å². The number of aromatic carboxylic acids is 1. The molecule has 0 radical (unpaired) electrons. The molecule has 0 aromatic heterocycles. The van der Waals surface area contributed by atoms with Gasteiger partial charge in [-0.25, -0.2) is 9.59 Å². The minimum absolute atomic E-state index is 0.274. The summed E-state index contributed by atoms with van der Waals surface area (Å²) in [5, 5.41) is 8.90. The second kappa shape index (κ2) is 6.22. The van der Waals surface area contributed by atoms with Crippen molar-refractivity contribution >= 4 is 17.6 Å². The molecular weight excluding hydrogens is 282 g/mol. The lowest BCUT2D eigenvalue weighted by atomic mass is 9.98. The van der Waals surface area contributed by atoms with Crippen LogP contribution in [0.5, 0.6) is 0 Å². The van der Waals surface area contributed by atoms with Crippen molar-refractivity contribution in [2.45, 2.75) is 32.8 Å². The molecule has 22 heavy (non-hydrogen) atoms. The van der Waals surface area contributed by atoms with Gasteiger partial charge in [-0.3, -0.25) is 0 Å². The first-order chi connectivity index (χ1) is 10.3. The van der Waals surface area contributed by atoms with Gasteiger partial charge in [0.25, 0.3) is 0 Å². The lowest BCUT2D eigenvalue weighted by molar-refractivity contribution is 0.0270. The molecule has 5 nitrogen and oxygen atoms in total. The lowest BCUT2D eigenvalue weighted by Gasteiger charge is -2.29. The summed E-state index contributed by atoms with van der Waals surface area (Å²) in [6.45, 7) is 6.65. The molecule has 0 unspecified atom stereocenters. The minimum Gasteiger partial charge on any atom is -0.478 e. The standard InChI is InChI=1S/C17H21NO4/c1-17(2,3)22-16(21)18-10-8-13(9-11-18)12-4-6-14(7-5-12)15(19)20/h4-8H,9-11H2,1-3H3,(H,19,20). The smallest absolute Gasteiger partial charge is 0.410 e. The number of amides is 1.